The van der Waals surface area contributed by atoms with Gasteiger partial charge in [0.1, 0.15) is 11.4 Å². The Balaban J connectivity index is 1.56. The average molecular weight is 538 g/mol. The van der Waals surface area contributed by atoms with Gasteiger partial charge in [0, 0.05) is 10.4 Å². The zero-order valence-corrected chi connectivity index (χ0v) is 21.7. The number of nitrogens with zero attached hydrogens (tertiary/aromatic N) is 3. The molecule has 0 radical (unpaired) electrons. The van der Waals surface area contributed by atoms with Gasteiger partial charge in [-0.2, -0.15) is 0 Å². The first kappa shape index (κ1) is 23.5. The van der Waals surface area contributed by atoms with Crippen LogP contribution in [0.15, 0.2) is 82.0 Å². The number of carbonyl (C=O) groups excluding carboxylic acids is 2. The maximum Gasteiger partial charge on any atom is 0.297 e. The maximum absolute atomic E-state index is 14.8. The van der Waals surface area contributed by atoms with E-state index in [4.69, 9.17) is 4.42 Å². The van der Waals surface area contributed by atoms with Gasteiger partial charge in [-0.25, -0.2) is 9.37 Å². The number of para-hydroxylation sites is 2. The third kappa shape index (κ3) is 3.07. The zero-order chi connectivity index (χ0) is 27.1. The van der Waals surface area contributed by atoms with Crippen molar-refractivity contribution < 1.29 is 18.4 Å². The van der Waals surface area contributed by atoms with E-state index in [-0.39, 0.29) is 34.7 Å². The van der Waals surface area contributed by atoms with Crippen LogP contribution in [0.1, 0.15) is 37.8 Å². The minimum atomic E-state index is -1.82. The first-order valence-electron chi connectivity index (χ1n) is 12.3. The van der Waals surface area contributed by atoms with E-state index in [0.29, 0.717) is 21.9 Å². The Hall–Kier alpha value is -4.63. The summed E-state index contributed by atoms with van der Waals surface area (Å²) >= 11 is 1.28. The lowest BCUT2D eigenvalue weighted by atomic mass is 9.84. The van der Waals surface area contributed by atoms with Gasteiger partial charge in [0.05, 0.1) is 28.9 Å². The molecule has 2 aliphatic heterocycles. The fourth-order valence-electron chi connectivity index (χ4n) is 5.59. The number of thiazole rings is 1. The number of amides is 2. The Bertz CT molecular complexity index is 1890. The van der Waals surface area contributed by atoms with Crippen molar-refractivity contribution in [3.63, 3.8) is 0 Å². The molecule has 0 N–H and O–H groups in total. The number of hydrogen-bond donors (Lipinski definition) is 0. The number of aryl methyl sites for hydroxylation is 2. The van der Waals surface area contributed by atoms with Crippen LogP contribution < -0.4 is 15.2 Å². The molecule has 3 aromatic carbocycles. The fraction of sp³-hybridized carbons (Fsp3) is 0.133. The Morgan fingerprint density at radius 2 is 1.67 bits per heavy atom. The van der Waals surface area contributed by atoms with Crippen LogP contribution in [-0.4, -0.2) is 16.8 Å². The molecule has 0 bridgehead atoms. The van der Waals surface area contributed by atoms with Crippen molar-refractivity contribution in [3.8, 4) is 0 Å². The highest BCUT2D eigenvalue weighted by Crippen LogP contribution is 2.54. The standard InChI is InChI=1S/C30H20FN3O4S/c1-16-17(2)39-29(32-16)34-27(36)26-24(25(35)20-7-3-6-10-23(20)38-26)30(34)21-8-4-5-9-22(21)33(28(30)37)15-18-11-13-19(31)14-12-18/h3-14H,15H2,1-2H3. The second-order valence-corrected chi connectivity index (χ2v) is 10.8. The van der Waals surface area contributed by atoms with Crippen molar-refractivity contribution in [2.45, 2.75) is 25.9 Å². The molecule has 0 saturated carbocycles. The number of hydrogen-bond acceptors (Lipinski definition) is 6. The molecule has 0 aliphatic carbocycles. The molecule has 7 nitrogen and oxygen atoms in total. The highest BCUT2D eigenvalue weighted by Gasteiger charge is 2.66. The Kier molecular flexibility index (Phi) is 4.93. The Morgan fingerprint density at radius 3 is 2.41 bits per heavy atom. The van der Waals surface area contributed by atoms with Crippen molar-refractivity contribution in [1.29, 1.82) is 0 Å². The van der Waals surface area contributed by atoms with Crippen LogP contribution in [0, 0.1) is 19.7 Å². The molecule has 5 aromatic rings. The number of fused-ring (bicyclic) bond motifs is 5. The maximum atomic E-state index is 14.8. The summed E-state index contributed by atoms with van der Waals surface area (Å²) in [4.78, 5) is 51.5. The van der Waals surface area contributed by atoms with Crippen molar-refractivity contribution >= 4 is 44.9 Å². The van der Waals surface area contributed by atoms with Crippen molar-refractivity contribution in [2.75, 3.05) is 9.80 Å². The van der Waals surface area contributed by atoms with Crippen LogP contribution in [0.5, 0.6) is 0 Å². The Labute approximate surface area is 225 Å². The second-order valence-electron chi connectivity index (χ2n) is 9.66. The van der Waals surface area contributed by atoms with Crippen LogP contribution in [0.25, 0.3) is 11.0 Å². The Morgan fingerprint density at radius 1 is 0.949 bits per heavy atom. The normalized spacial score (nSPS) is 17.9. The molecule has 0 fully saturated rings. The molecule has 192 valence electrons. The fourth-order valence-corrected chi connectivity index (χ4v) is 6.55. The van der Waals surface area contributed by atoms with Crippen LogP contribution in [0.2, 0.25) is 0 Å². The molecule has 1 unspecified atom stereocenters. The first-order chi connectivity index (χ1) is 18.8. The van der Waals surface area contributed by atoms with E-state index >= 15 is 0 Å². The summed E-state index contributed by atoms with van der Waals surface area (Å²) in [6, 6.07) is 19.7. The summed E-state index contributed by atoms with van der Waals surface area (Å²) in [6.45, 7) is 3.84. The number of anilines is 2. The average Bonchev–Trinajstić information content (AvgIpc) is 3.49. The molecular weight excluding hydrogens is 517 g/mol. The van der Waals surface area contributed by atoms with E-state index in [1.54, 1.807) is 65.6 Å². The van der Waals surface area contributed by atoms with Gasteiger partial charge < -0.3 is 9.32 Å². The summed E-state index contributed by atoms with van der Waals surface area (Å²) in [5.41, 5.74) is 0.437. The minimum absolute atomic E-state index is 0.0178. The molecule has 9 heteroatoms. The van der Waals surface area contributed by atoms with Gasteiger partial charge in [-0.05, 0) is 49.7 Å². The van der Waals surface area contributed by atoms with Gasteiger partial charge in [0.15, 0.2) is 16.1 Å². The molecule has 39 heavy (non-hydrogen) atoms. The van der Waals surface area contributed by atoms with Gasteiger partial charge >= 0.3 is 0 Å². The van der Waals surface area contributed by atoms with Gasteiger partial charge in [-0.3, -0.25) is 19.3 Å². The summed E-state index contributed by atoms with van der Waals surface area (Å²) in [6.07, 6.45) is 0. The summed E-state index contributed by atoms with van der Waals surface area (Å²) in [5, 5.41) is 0.579. The van der Waals surface area contributed by atoms with Crippen LogP contribution in [-0.2, 0) is 16.9 Å². The lowest BCUT2D eigenvalue weighted by Crippen LogP contribution is -2.53. The number of carbonyl (C=O) groups is 2. The number of rotatable bonds is 3. The predicted octanol–water partition coefficient (Wildman–Crippen LogP) is 5.46. The van der Waals surface area contributed by atoms with E-state index in [0.717, 1.165) is 10.6 Å². The second kappa shape index (κ2) is 8.18. The molecule has 7 rings (SSSR count). The van der Waals surface area contributed by atoms with Gasteiger partial charge in [-0.15, -0.1) is 11.3 Å². The number of aromatic nitrogens is 1. The largest absolute Gasteiger partial charge is 0.450 e. The van der Waals surface area contributed by atoms with E-state index in [2.05, 4.69) is 4.98 Å². The van der Waals surface area contributed by atoms with Gasteiger partial charge in [-0.1, -0.05) is 42.5 Å². The summed E-state index contributed by atoms with van der Waals surface area (Å²) in [5.74, 6) is -1.64. The molecular formula is C30H20FN3O4S. The van der Waals surface area contributed by atoms with E-state index in [9.17, 15) is 18.8 Å². The van der Waals surface area contributed by atoms with Gasteiger partial charge in [0.25, 0.3) is 11.8 Å². The third-order valence-electron chi connectivity index (χ3n) is 7.49. The molecule has 1 atom stereocenters. The molecule has 4 heterocycles. The van der Waals surface area contributed by atoms with Crippen molar-refractivity contribution in [1.82, 2.24) is 4.98 Å². The van der Waals surface area contributed by atoms with E-state index in [1.807, 2.05) is 13.8 Å². The van der Waals surface area contributed by atoms with Crippen LogP contribution in [0.3, 0.4) is 0 Å². The number of halogens is 1. The SMILES string of the molecule is Cc1nc(N2C(=O)c3oc4ccccc4c(=O)c3C23C(=O)N(Cc2ccc(F)cc2)c2ccccc23)sc1C. The van der Waals surface area contributed by atoms with Crippen LogP contribution >= 0.6 is 11.3 Å². The summed E-state index contributed by atoms with van der Waals surface area (Å²) < 4.78 is 19.7. The smallest absolute Gasteiger partial charge is 0.297 e. The highest BCUT2D eigenvalue weighted by molar-refractivity contribution is 7.16. The molecule has 2 amide bonds. The van der Waals surface area contributed by atoms with Crippen LogP contribution in [0.4, 0.5) is 15.2 Å². The highest BCUT2D eigenvalue weighted by atomic mass is 32.1. The molecule has 1 spiro atoms. The first-order valence-corrected chi connectivity index (χ1v) is 13.1. The molecule has 2 aliphatic rings. The minimum Gasteiger partial charge on any atom is -0.450 e. The van der Waals surface area contributed by atoms with Crippen molar-refractivity contribution in [2.24, 2.45) is 0 Å². The molecule has 2 aromatic heterocycles. The summed E-state index contributed by atoms with van der Waals surface area (Å²) in [7, 11) is 0. The monoisotopic (exact) mass is 537 g/mol. The third-order valence-corrected chi connectivity index (χ3v) is 8.55. The van der Waals surface area contributed by atoms with Gasteiger partial charge in [0.2, 0.25) is 5.76 Å². The molecule has 0 saturated heterocycles. The predicted molar refractivity (Wildman–Crippen MR) is 146 cm³/mol. The lowest BCUT2D eigenvalue weighted by molar-refractivity contribution is -0.121. The van der Waals surface area contributed by atoms with E-state index < -0.39 is 22.8 Å². The number of benzene rings is 3. The quantitative estimate of drug-likeness (QED) is 0.305. The zero-order valence-electron chi connectivity index (χ0n) is 20.9. The van der Waals surface area contributed by atoms with Crippen molar-refractivity contribution in [3.05, 3.63) is 122 Å². The topological polar surface area (TPSA) is 83.7 Å². The van der Waals surface area contributed by atoms with E-state index in [1.165, 1.54) is 28.4 Å². The lowest BCUT2D eigenvalue weighted by Gasteiger charge is -2.32.